The molecule has 2 rings (SSSR count). The van der Waals surface area contributed by atoms with Gasteiger partial charge in [0.05, 0.1) is 10.6 Å². The molecule has 0 bridgehead atoms. The first-order valence-electron chi connectivity index (χ1n) is 4.24. The number of hydrogen-bond donors (Lipinski definition) is 0. The molecule has 0 unspecified atom stereocenters. The summed E-state index contributed by atoms with van der Waals surface area (Å²) in [5.74, 6) is 0. The zero-order valence-electron chi connectivity index (χ0n) is 8.07. The number of carbonyl (C=O) groups excluding carboxylic acids is 2. The average molecular weight is 256 g/mol. The van der Waals surface area contributed by atoms with E-state index in [0.717, 1.165) is 24.3 Å². The minimum atomic E-state index is -4.81. The van der Waals surface area contributed by atoms with Crippen molar-refractivity contribution in [2.24, 2.45) is 10.2 Å². The third-order valence-electron chi connectivity index (χ3n) is 1.98. The highest BCUT2D eigenvalue weighted by atomic mass is 32.2. The van der Waals surface area contributed by atoms with Gasteiger partial charge < -0.3 is 0 Å². The monoisotopic (exact) mass is 256 g/mol. The number of benzene rings is 1. The molecule has 0 aromatic heterocycles. The Labute approximate surface area is 94.8 Å². The van der Waals surface area contributed by atoms with Crippen molar-refractivity contribution in [3.05, 3.63) is 24.3 Å². The molecule has 1 heterocycles. The van der Waals surface area contributed by atoms with E-state index in [4.69, 9.17) is 0 Å². The van der Waals surface area contributed by atoms with Gasteiger partial charge in [0, 0.05) is 0 Å². The van der Waals surface area contributed by atoms with Gasteiger partial charge in [-0.2, -0.15) is 8.42 Å². The molecule has 1 aromatic rings. The fourth-order valence-corrected chi connectivity index (χ4v) is 1.70. The van der Waals surface area contributed by atoms with E-state index in [1.54, 1.807) is 0 Å². The molecule has 7 nitrogen and oxygen atoms in total. The Kier molecular flexibility index (Phi) is 2.46. The summed E-state index contributed by atoms with van der Waals surface area (Å²) in [6, 6.07) is 2.32. The Morgan fingerprint density at radius 3 is 1.88 bits per heavy atom. The SMILES string of the molecule is O=C1N=NC(=O)N1c1ccc(S(=O)(=O)[18F])cc1. The van der Waals surface area contributed by atoms with Crippen LogP contribution in [0.1, 0.15) is 0 Å². The van der Waals surface area contributed by atoms with Gasteiger partial charge in [-0.1, -0.05) is 10.2 Å². The van der Waals surface area contributed by atoms with Crippen LogP contribution >= 0.6 is 0 Å². The summed E-state index contributed by atoms with van der Waals surface area (Å²) in [7, 11) is -4.81. The number of anilines is 1. The van der Waals surface area contributed by atoms with Gasteiger partial charge in [-0.15, -0.1) is 3.89 Å². The largest absolute Gasteiger partial charge is 0.375 e. The van der Waals surface area contributed by atoms with Gasteiger partial charge in [-0.05, 0) is 24.3 Å². The first-order valence-corrected chi connectivity index (χ1v) is 5.62. The predicted molar refractivity (Wildman–Crippen MR) is 52.9 cm³/mol. The normalized spacial score (nSPS) is 15.7. The lowest BCUT2D eigenvalue weighted by Crippen LogP contribution is -2.27. The highest BCUT2D eigenvalue weighted by Crippen LogP contribution is 2.22. The van der Waals surface area contributed by atoms with Crippen molar-refractivity contribution in [3.63, 3.8) is 0 Å². The number of halogens is 1. The summed E-state index contributed by atoms with van der Waals surface area (Å²) in [6.07, 6.45) is 0. The van der Waals surface area contributed by atoms with Crippen LogP contribution < -0.4 is 4.90 Å². The van der Waals surface area contributed by atoms with Crippen molar-refractivity contribution in [1.82, 2.24) is 0 Å². The molecular formula is C8H4FN3O4S. The molecule has 0 fully saturated rings. The van der Waals surface area contributed by atoms with E-state index >= 15 is 0 Å². The maximum absolute atomic E-state index is 12.6. The fourth-order valence-electron chi connectivity index (χ4n) is 1.24. The first-order chi connectivity index (χ1) is 7.89. The van der Waals surface area contributed by atoms with E-state index in [-0.39, 0.29) is 5.69 Å². The van der Waals surface area contributed by atoms with Crippen LogP contribution in [-0.4, -0.2) is 20.5 Å². The van der Waals surface area contributed by atoms with Gasteiger partial charge in [0.15, 0.2) is 0 Å². The Balaban J connectivity index is 2.37. The van der Waals surface area contributed by atoms with Gasteiger partial charge in [-0.3, -0.25) is 0 Å². The van der Waals surface area contributed by atoms with Gasteiger partial charge >= 0.3 is 22.3 Å². The summed E-state index contributed by atoms with van der Waals surface area (Å²) in [5, 5.41) is 6.03. The number of rotatable bonds is 2. The first kappa shape index (κ1) is 11.3. The topological polar surface area (TPSA) is 96.2 Å². The highest BCUT2D eigenvalue weighted by Gasteiger charge is 2.29. The third-order valence-corrected chi connectivity index (χ3v) is 2.82. The minimum Gasteiger partial charge on any atom is -0.243 e. The van der Waals surface area contributed by atoms with E-state index in [1.165, 1.54) is 0 Å². The zero-order valence-corrected chi connectivity index (χ0v) is 8.89. The second-order valence-electron chi connectivity index (χ2n) is 3.03. The van der Waals surface area contributed by atoms with E-state index in [0.29, 0.717) is 4.90 Å². The van der Waals surface area contributed by atoms with Crippen LogP contribution in [0, 0.1) is 0 Å². The van der Waals surface area contributed by atoms with Crippen molar-refractivity contribution in [3.8, 4) is 0 Å². The Bertz CT molecular complexity index is 605. The summed E-state index contributed by atoms with van der Waals surface area (Å²) in [6.45, 7) is 0. The summed E-state index contributed by atoms with van der Waals surface area (Å²) in [4.78, 5) is 22.3. The average Bonchev–Trinajstić information content (AvgIpc) is 2.58. The number of urea groups is 2. The predicted octanol–water partition coefficient (Wildman–Crippen LogP) is 1.86. The maximum Gasteiger partial charge on any atom is 0.375 e. The number of azo groups is 1. The number of hydrogen-bond acceptors (Lipinski definition) is 4. The molecule has 1 aliphatic rings. The number of amides is 4. The van der Waals surface area contributed by atoms with Crippen molar-refractivity contribution in [2.45, 2.75) is 4.90 Å². The molecule has 4 amide bonds. The Hall–Kier alpha value is -2.16. The molecule has 1 aliphatic heterocycles. The second kappa shape index (κ2) is 3.70. The third kappa shape index (κ3) is 2.04. The molecule has 0 radical (unpaired) electrons. The quantitative estimate of drug-likeness (QED) is 0.754. The number of imide groups is 1. The van der Waals surface area contributed by atoms with Crippen molar-refractivity contribution < 1.29 is 21.9 Å². The van der Waals surface area contributed by atoms with Crippen LogP contribution in [0.4, 0.5) is 19.2 Å². The molecule has 0 aliphatic carbocycles. The summed E-state index contributed by atoms with van der Waals surface area (Å²) in [5.41, 5.74) is 0.0670. The Morgan fingerprint density at radius 1 is 1.00 bits per heavy atom. The molecule has 0 spiro atoms. The standard InChI is InChI=1S/C8H4FN3O4S/c9-17(15,16)6-3-1-5(2-4-6)12-7(13)10-11-8(12)14/h1-4H/i9-1. The lowest BCUT2D eigenvalue weighted by atomic mass is 10.3. The lowest BCUT2D eigenvalue weighted by molar-refractivity contribution is 0.249. The summed E-state index contributed by atoms with van der Waals surface area (Å²) >= 11 is 0. The minimum absolute atomic E-state index is 0.0670. The molecule has 0 atom stereocenters. The number of carbonyl (C=O) groups is 2. The van der Waals surface area contributed by atoms with Crippen molar-refractivity contribution in [2.75, 3.05) is 4.90 Å². The van der Waals surface area contributed by atoms with E-state index in [9.17, 15) is 21.9 Å². The number of nitrogens with zero attached hydrogens (tertiary/aromatic N) is 3. The van der Waals surface area contributed by atoms with E-state index in [2.05, 4.69) is 10.2 Å². The van der Waals surface area contributed by atoms with Gasteiger partial charge in [0.1, 0.15) is 0 Å². The molecule has 0 saturated carbocycles. The van der Waals surface area contributed by atoms with Gasteiger partial charge in [-0.25, -0.2) is 14.5 Å². The Morgan fingerprint density at radius 2 is 1.47 bits per heavy atom. The zero-order chi connectivity index (χ0) is 12.6. The van der Waals surface area contributed by atoms with Crippen LogP contribution in [0.3, 0.4) is 0 Å². The van der Waals surface area contributed by atoms with Crippen LogP contribution in [0.5, 0.6) is 0 Å². The van der Waals surface area contributed by atoms with Crippen LogP contribution in [-0.2, 0) is 10.2 Å². The van der Waals surface area contributed by atoms with Gasteiger partial charge in [0.2, 0.25) is 0 Å². The van der Waals surface area contributed by atoms with E-state index in [1.807, 2.05) is 0 Å². The second-order valence-corrected chi connectivity index (χ2v) is 4.38. The molecule has 0 N–H and O–H groups in total. The maximum atomic E-state index is 12.6. The van der Waals surface area contributed by atoms with Crippen LogP contribution in [0.25, 0.3) is 0 Å². The fraction of sp³-hybridized carbons (Fsp3) is 0. The van der Waals surface area contributed by atoms with Crippen LogP contribution in [0.2, 0.25) is 0 Å². The van der Waals surface area contributed by atoms with Crippen molar-refractivity contribution >= 4 is 28.0 Å². The molecule has 88 valence electrons. The lowest BCUT2D eigenvalue weighted by Gasteiger charge is -2.09. The molecule has 17 heavy (non-hydrogen) atoms. The van der Waals surface area contributed by atoms with Crippen LogP contribution in [0.15, 0.2) is 39.4 Å². The summed E-state index contributed by atoms with van der Waals surface area (Å²) < 4.78 is 33.7. The molecule has 9 heteroatoms. The van der Waals surface area contributed by atoms with Gasteiger partial charge in [0.25, 0.3) is 0 Å². The highest BCUT2D eigenvalue weighted by molar-refractivity contribution is 7.86. The molecule has 1 aromatic carbocycles. The van der Waals surface area contributed by atoms with Crippen molar-refractivity contribution in [1.29, 1.82) is 0 Å². The smallest absolute Gasteiger partial charge is 0.243 e. The van der Waals surface area contributed by atoms with E-state index < -0.39 is 27.2 Å². The molecule has 0 saturated heterocycles. The molecular weight excluding hydrogens is 252 g/mol.